The molecule has 0 aromatic heterocycles. The van der Waals surface area contributed by atoms with Crippen molar-refractivity contribution in [2.24, 2.45) is 0 Å². The summed E-state index contributed by atoms with van der Waals surface area (Å²) in [5.74, 6) is -0.190. The molecule has 108 valence electrons. The van der Waals surface area contributed by atoms with Gasteiger partial charge in [-0.1, -0.05) is 18.9 Å². The lowest BCUT2D eigenvalue weighted by molar-refractivity contribution is -0.137. The number of anilines is 2. The normalized spacial score (nSPS) is 21.0. The summed E-state index contributed by atoms with van der Waals surface area (Å²) in [7, 11) is 1.60. The first-order valence-electron chi connectivity index (χ1n) is 6.62. The number of amides is 1. The molecule has 20 heavy (non-hydrogen) atoms. The summed E-state index contributed by atoms with van der Waals surface area (Å²) in [6, 6.07) is 3.90. The highest BCUT2D eigenvalue weighted by Crippen LogP contribution is 2.48. The van der Waals surface area contributed by atoms with E-state index < -0.39 is 17.3 Å². The Bertz CT molecular complexity index is 562. The van der Waals surface area contributed by atoms with Crippen LogP contribution in [0, 0.1) is 0 Å². The third kappa shape index (κ3) is 1.70. The number of para-hydroxylation sites is 1. The molecule has 0 atom stereocenters. The van der Waals surface area contributed by atoms with Gasteiger partial charge in [0.1, 0.15) is 5.54 Å². The monoisotopic (exact) mass is 284 g/mol. The van der Waals surface area contributed by atoms with Crippen LogP contribution in [0.3, 0.4) is 0 Å². The van der Waals surface area contributed by atoms with Gasteiger partial charge in [-0.15, -0.1) is 0 Å². The van der Waals surface area contributed by atoms with Crippen molar-refractivity contribution in [3.8, 4) is 0 Å². The minimum atomic E-state index is -4.43. The van der Waals surface area contributed by atoms with Gasteiger partial charge in [0.25, 0.3) is 0 Å². The maximum atomic E-state index is 13.2. The van der Waals surface area contributed by atoms with Crippen LogP contribution in [0.25, 0.3) is 0 Å². The molecule has 0 unspecified atom stereocenters. The van der Waals surface area contributed by atoms with Gasteiger partial charge in [-0.2, -0.15) is 13.2 Å². The van der Waals surface area contributed by atoms with Crippen LogP contribution in [0.2, 0.25) is 0 Å². The molecule has 6 heteroatoms. The zero-order chi connectivity index (χ0) is 14.5. The maximum absolute atomic E-state index is 13.2. The number of carbonyl (C=O) groups excluding carboxylic acids is 1. The fourth-order valence-corrected chi connectivity index (χ4v) is 3.36. The van der Waals surface area contributed by atoms with Crippen molar-refractivity contribution in [3.63, 3.8) is 0 Å². The van der Waals surface area contributed by atoms with Crippen molar-refractivity contribution in [2.75, 3.05) is 17.3 Å². The molecule has 3 rings (SSSR count). The number of likely N-dealkylation sites (N-methyl/N-ethyl adjacent to an activating group) is 1. The Kier molecular flexibility index (Phi) is 2.74. The number of fused-ring (bicyclic) bond motifs is 1. The van der Waals surface area contributed by atoms with Crippen LogP contribution >= 0.6 is 0 Å². The zero-order valence-electron chi connectivity index (χ0n) is 11.0. The molecule has 1 aromatic carbocycles. The molecule has 1 aliphatic heterocycles. The van der Waals surface area contributed by atoms with Crippen molar-refractivity contribution in [1.82, 2.24) is 0 Å². The van der Waals surface area contributed by atoms with Gasteiger partial charge >= 0.3 is 6.18 Å². The second kappa shape index (κ2) is 4.14. The second-order valence-electron chi connectivity index (χ2n) is 5.45. The first-order chi connectivity index (χ1) is 9.36. The zero-order valence-corrected chi connectivity index (χ0v) is 11.0. The Morgan fingerprint density at radius 3 is 2.50 bits per heavy atom. The highest BCUT2D eigenvalue weighted by atomic mass is 19.4. The quantitative estimate of drug-likeness (QED) is 0.792. The van der Waals surface area contributed by atoms with Gasteiger partial charge in [0.2, 0.25) is 5.91 Å². The summed E-state index contributed by atoms with van der Waals surface area (Å²) in [5.41, 5.74) is -1.19. The SMILES string of the molecule is CN1c2c(cccc2C(F)(F)F)NC(=O)C12CCCC2. The minimum absolute atomic E-state index is 0.0847. The summed E-state index contributed by atoms with van der Waals surface area (Å²) >= 11 is 0. The van der Waals surface area contributed by atoms with Crippen molar-refractivity contribution < 1.29 is 18.0 Å². The molecule has 3 nitrogen and oxygen atoms in total. The Morgan fingerprint density at radius 1 is 1.25 bits per heavy atom. The lowest BCUT2D eigenvalue weighted by Gasteiger charge is -2.44. The number of rotatable bonds is 0. The molecule has 2 aliphatic rings. The smallest absolute Gasteiger partial charge is 0.358 e. The number of hydrogen-bond donors (Lipinski definition) is 1. The number of nitrogens with one attached hydrogen (secondary N) is 1. The molecule has 1 amide bonds. The molecule has 0 bridgehead atoms. The predicted octanol–water partition coefficient (Wildman–Crippen LogP) is 3.41. The molecular weight excluding hydrogens is 269 g/mol. The largest absolute Gasteiger partial charge is 0.418 e. The standard InChI is InChI=1S/C14H15F3N2O/c1-19-11-9(14(15,16)17)5-4-6-10(11)18-12(20)13(19)7-2-3-8-13/h4-6H,2-3,7-8H2,1H3,(H,18,20). The van der Waals surface area contributed by atoms with E-state index in [-0.39, 0.29) is 17.3 Å². The Balaban J connectivity index is 2.18. The fourth-order valence-electron chi connectivity index (χ4n) is 3.36. The summed E-state index contributed by atoms with van der Waals surface area (Å²) in [4.78, 5) is 13.9. The summed E-state index contributed by atoms with van der Waals surface area (Å²) in [6.45, 7) is 0. The van der Waals surface area contributed by atoms with Gasteiger partial charge in [0.15, 0.2) is 0 Å². The molecule has 1 aromatic rings. The van der Waals surface area contributed by atoms with E-state index in [9.17, 15) is 18.0 Å². The average molecular weight is 284 g/mol. The van der Waals surface area contributed by atoms with Crippen LogP contribution in [0.1, 0.15) is 31.2 Å². The third-order valence-electron chi connectivity index (χ3n) is 4.42. The van der Waals surface area contributed by atoms with E-state index in [1.165, 1.54) is 17.0 Å². The molecule has 1 heterocycles. The van der Waals surface area contributed by atoms with Crippen molar-refractivity contribution >= 4 is 17.3 Å². The number of alkyl halides is 3. The number of nitrogens with zero attached hydrogens (tertiary/aromatic N) is 1. The Labute approximate surface area is 114 Å². The third-order valence-corrected chi connectivity index (χ3v) is 4.42. The lowest BCUT2D eigenvalue weighted by atomic mass is 9.89. The van der Waals surface area contributed by atoms with E-state index in [1.807, 2.05) is 0 Å². The summed E-state index contributed by atoms with van der Waals surface area (Å²) in [6.07, 6.45) is -1.51. The number of halogens is 3. The highest BCUT2D eigenvalue weighted by Gasteiger charge is 2.50. The first-order valence-corrected chi connectivity index (χ1v) is 6.62. The van der Waals surface area contributed by atoms with Gasteiger partial charge in [0.05, 0.1) is 16.9 Å². The van der Waals surface area contributed by atoms with Crippen LogP contribution in [0.5, 0.6) is 0 Å². The average Bonchev–Trinajstić information content (AvgIpc) is 2.85. The topological polar surface area (TPSA) is 32.3 Å². The maximum Gasteiger partial charge on any atom is 0.418 e. The van der Waals surface area contributed by atoms with Gasteiger partial charge in [-0.3, -0.25) is 4.79 Å². The van der Waals surface area contributed by atoms with Crippen molar-refractivity contribution in [2.45, 2.75) is 37.4 Å². The summed E-state index contributed by atoms with van der Waals surface area (Å²) < 4.78 is 39.5. The molecule has 1 spiro atoms. The minimum Gasteiger partial charge on any atom is -0.358 e. The van der Waals surface area contributed by atoms with E-state index in [4.69, 9.17) is 0 Å². The second-order valence-corrected chi connectivity index (χ2v) is 5.45. The lowest BCUT2D eigenvalue weighted by Crippen LogP contribution is -2.57. The van der Waals surface area contributed by atoms with Gasteiger partial charge in [-0.05, 0) is 25.0 Å². The molecule has 0 saturated heterocycles. The molecular formula is C14H15F3N2O. The van der Waals surface area contributed by atoms with E-state index in [2.05, 4.69) is 5.32 Å². The number of hydrogen-bond acceptors (Lipinski definition) is 2. The summed E-state index contributed by atoms with van der Waals surface area (Å²) in [5, 5.41) is 2.65. The van der Waals surface area contributed by atoms with Crippen LogP contribution in [0.4, 0.5) is 24.5 Å². The van der Waals surface area contributed by atoms with Crippen LogP contribution in [-0.2, 0) is 11.0 Å². The van der Waals surface area contributed by atoms with Crippen molar-refractivity contribution in [1.29, 1.82) is 0 Å². The molecule has 1 saturated carbocycles. The Morgan fingerprint density at radius 2 is 1.90 bits per heavy atom. The predicted molar refractivity (Wildman–Crippen MR) is 69.7 cm³/mol. The fraction of sp³-hybridized carbons (Fsp3) is 0.500. The molecule has 1 fully saturated rings. The van der Waals surface area contributed by atoms with E-state index >= 15 is 0 Å². The van der Waals surface area contributed by atoms with Crippen molar-refractivity contribution in [3.05, 3.63) is 23.8 Å². The van der Waals surface area contributed by atoms with E-state index in [1.54, 1.807) is 7.05 Å². The van der Waals surface area contributed by atoms with Crippen LogP contribution in [0.15, 0.2) is 18.2 Å². The molecule has 1 aliphatic carbocycles. The Hall–Kier alpha value is -1.72. The van der Waals surface area contributed by atoms with E-state index in [0.717, 1.165) is 18.9 Å². The molecule has 1 N–H and O–H groups in total. The van der Waals surface area contributed by atoms with E-state index in [0.29, 0.717) is 12.8 Å². The molecule has 0 radical (unpaired) electrons. The number of benzene rings is 1. The van der Waals surface area contributed by atoms with Crippen LogP contribution < -0.4 is 10.2 Å². The van der Waals surface area contributed by atoms with Gasteiger partial charge < -0.3 is 10.2 Å². The first kappa shape index (κ1) is 13.3. The van der Waals surface area contributed by atoms with Gasteiger partial charge in [0, 0.05) is 7.05 Å². The van der Waals surface area contributed by atoms with Crippen LogP contribution in [-0.4, -0.2) is 18.5 Å². The van der Waals surface area contributed by atoms with Gasteiger partial charge in [-0.25, -0.2) is 0 Å². The highest BCUT2D eigenvalue weighted by molar-refractivity contribution is 6.07. The number of carbonyl (C=O) groups is 1.